The Morgan fingerprint density at radius 3 is 1.05 bits per heavy atom. The summed E-state index contributed by atoms with van der Waals surface area (Å²) in [5.41, 5.74) is -3.14. The SMILES string of the molecule is CC(C)(C)N1C[C@@H]2[C@@H](CO)CCCN2C1=O.CC(C)(C)OC(=O)N1CCN2C(=O)N(C(C)(C)C)C[C@@H]2[C@H]1C(=O)O.CC(C)(C)OC(=O)N1CCN2C(=O)N(C(C)(C)C)C[C@@H]2[C@H]1CO.COC(=O)[C@@H]1[C@H]2CN(C(C)(C)C)C(=O)N2CCN1C(=O)OC(C)(C)C.[B].[Li+].[OH-]. The molecule has 0 aliphatic carbocycles. The minimum absolute atomic E-state index is 0. The Bertz CT molecular complexity index is 2570. The molecular formula is C61H108BLiN11O17. The first-order chi connectivity index (χ1) is 40.1. The van der Waals surface area contributed by atoms with Crippen LogP contribution >= 0.6 is 0 Å². The number of hydrogen-bond donors (Lipinski definition) is 3. The van der Waals surface area contributed by atoms with Crippen LogP contribution < -0.4 is 18.9 Å². The van der Waals surface area contributed by atoms with Crippen LogP contribution in [0.15, 0.2) is 0 Å². The van der Waals surface area contributed by atoms with Crippen molar-refractivity contribution >= 4 is 62.8 Å². The van der Waals surface area contributed by atoms with Crippen molar-refractivity contribution < 1.29 is 102 Å². The summed E-state index contributed by atoms with van der Waals surface area (Å²) in [4.78, 5) is 130. The Kier molecular flexibility index (Phi) is 27.0. The second kappa shape index (κ2) is 30.2. The normalized spacial score (nSPS) is 25.2. The van der Waals surface area contributed by atoms with E-state index in [0.29, 0.717) is 39.3 Å². The fourth-order valence-electron chi connectivity index (χ4n) is 12.4. The van der Waals surface area contributed by atoms with Gasteiger partial charge in [0.15, 0.2) is 12.1 Å². The number of methoxy groups -OCH3 is 1. The number of carbonyl (C=O) groups is 9. The van der Waals surface area contributed by atoms with Crippen LogP contribution in [0.25, 0.3) is 0 Å². The van der Waals surface area contributed by atoms with Gasteiger partial charge in [0.05, 0.1) is 43.9 Å². The number of urea groups is 4. The predicted molar refractivity (Wildman–Crippen MR) is 334 cm³/mol. The topological polar surface area (TPSA) is 317 Å². The van der Waals surface area contributed by atoms with Crippen LogP contribution in [-0.2, 0) is 28.5 Å². The van der Waals surface area contributed by atoms with Crippen molar-refractivity contribution in [3.05, 3.63) is 0 Å². The van der Waals surface area contributed by atoms with Crippen LogP contribution in [0.1, 0.15) is 158 Å². The predicted octanol–water partition coefficient (Wildman–Crippen LogP) is 2.52. The third-order valence-electron chi connectivity index (χ3n) is 16.7. The van der Waals surface area contributed by atoms with Crippen LogP contribution in [0.3, 0.4) is 0 Å². The number of piperidine rings is 1. The first kappa shape index (κ1) is 81.5. The summed E-state index contributed by atoms with van der Waals surface area (Å²) in [5, 5.41) is 28.9. The van der Waals surface area contributed by atoms with Crippen molar-refractivity contribution in [1.82, 2.24) is 53.9 Å². The maximum absolute atomic E-state index is 12.7. The Morgan fingerprint density at radius 1 is 0.440 bits per heavy atom. The van der Waals surface area contributed by atoms with E-state index in [9.17, 15) is 58.5 Å². The molecule has 11 amide bonds. The Labute approximate surface area is 553 Å². The quantitative estimate of drug-likeness (QED) is 0.207. The smallest absolute Gasteiger partial charge is 0.870 e. The largest absolute Gasteiger partial charge is 1.00 e. The van der Waals surface area contributed by atoms with Gasteiger partial charge >= 0.3 is 73.2 Å². The maximum atomic E-state index is 12.7. The molecule has 0 aromatic carbocycles. The molecule has 513 valence electrons. The number of carbonyl (C=O) groups excluding carboxylic acids is 8. The molecule has 8 atom stereocenters. The monoisotopic (exact) mass is 1280 g/mol. The Hall–Kier alpha value is -5.63. The first-order valence-corrected chi connectivity index (χ1v) is 30.9. The van der Waals surface area contributed by atoms with Crippen LogP contribution in [-0.4, -0.2) is 311 Å². The number of aliphatic hydroxyl groups excluding tert-OH is 2. The van der Waals surface area contributed by atoms with Crippen molar-refractivity contribution in [2.75, 3.05) is 92.3 Å². The van der Waals surface area contributed by atoms with Crippen LogP contribution in [0.5, 0.6) is 0 Å². The number of aliphatic hydroxyl groups is 2. The number of ether oxygens (including phenoxy) is 4. The summed E-state index contributed by atoms with van der Waals surface area (Å²) in [6.07, 6.45) is 0.409. The van der Waals surface area contributed by atoms with Crippen molar-refractivity contribution in [3.8, 4) is 0 Å². The maximum Gasteiger partial charge on any atom is 1.00 e. The van der Waals surface area contributed by atoms with Crippen LogP contribution in [0.2, 0.25) is 0 Å². The number of hydrogen-bond acceptors (Lipinski definition) is 16. The van der Waals surface area contributed by atoms with E-state index < -0.39 is 82.8 Å². The second-order valence-electron chi connectivity index (χ2n) is 30.9. The molecule has 4 N–H and O–H groups in total. The molecule has 0 unspecified atom stereocenters. The van der Waals surface area contributed by atoms with Gasteiger partial charge in [-0.3, -0.25) is 14.7 Å². The molecular weight excluding hydrogens is 1180 g/mol. The number of carboxylic acids is 1. The number of carboxylic acid groups (broad SMARTS) is 1. The fourth-order valence-corrected chi connectivity index (χ4v) is 12.4. The van der Waals surface area contributed by atoms with E-state index in [1.807, 2.05) is 92.9 Å². The molecule has 28 nitrogen and oxygen atoms in total. The summed E-state index contributed by atoms with van der Waals surface area (Å²) in [7, 11) is 1.28. The van der Waals surface area contributed by atoms with Crippen molar-refractivity contribution in [2.24, 2.45) is 5.92 Å². The molecule has 8 heterocycles. The molecule has 8 fully saturated rings. The summed E-state index contributed by atoms with van der Waals surface area (Å²) in [5.74, 6) is -1.40. The van der Waals surface area contributed by atoms with Gasteiger partial charge in [-0.15, -0.1) is 0 Å². The minimum atomic E-state index is -1.13. The molecule has 30 heteroatoms. The molecule has 0 saturated carbocycles. The first-order valence-electron chi connectivity index (χ1n) is 30.9. The molecule has 8 saturated heterocycles. The van der Waals surface area contributed by atoms with E-state index in [1.165, 1.54) is 16.9 Å². The molecule has 0 spiro atoms. The number of esters is 1. The van der Waals surface area contributed by atoms with Gasteiger partial charge in [-0.25, -0.2) is 43.2 Å². The minimum Gasteiger partial charge on any atom is -0.870 e. The van der Waals surface area contributed by atoms with E-state index in [2.05, 4.69) is 20.8 Å². The van der Waals surface area contributed by atoms with Crippen molar-refractivity contribution in [1.29, 1.82) is 0 Å². The second-order valence-corrected chi connectivity index (χ2v) is 30.9. The van der Waals surface area contributed by atoms with Gasteiger partial charge in [0.2, 0.25) is 0 Å². The Morgan fingerprint density at radius 2 is 0.736 bits per heavy atom. The number of piperazine rings is 3. The van der Waals surface area contributed by atoms with Gasteiger partial charge in [-0.05, 0) is 158 Å². The summed E-state index contributed by atoms with van der Waals surface area (Å²) >= 11 is 0. The number of nitrogens with zero attached hydrogens (tertiary/aromatic N) is 11. The van der Waals surface area contributed by atoms with Gasteiger partial charge in [-0.2, -0.15) is 0 Å². The van der Waals surface area contributed by atoms with Gasteiger partial charge < -0.3 is 78.9 Å². The van der Waals surface area contributed by atoms with E-state index in [0.717, 1.165) is 25.9 Å². The van der Waals surface area contributed by atoms with E-state index in [4.69, 9.17) is 18.9 Å². The summed E-state index contributed by atoms with van der Waals surface area (Å²) < 4.78 is 21.1. The number of fused-ring (bicyclic) bond motifs is 4. The molecule has 8 rings (SSSR count). The number of aliphatic carboxylic acids is 1. The van der Waals surface area contributed by atoms with E-state index >= 15 is 0 Å². The van der Waals surface area contributed by atoms with Crippen molar-refractivity contribution in [2.45, 2.75) is 239 Å². The summed E-state index contributed by atoms with van der Waals surface area (Å²) in [6.45, 7) is 44.4. The zero-order valence-electron chi connectivity index (χ0n) is 58.8. The van der Waals surface area contributed by atoms with Gasteiger partial charge in [0.1, 0.15) is 16.8 Å². The molecule has 8 aliphatic rings. The number of rotatable bonds is 4. The zero-order chi connectivity index (χ0) is 67.1. The number of amides is 11. The molecule has 8 aliphatic heterocycles. The standard InChI is InChI=1S/C17H29N3O5.C16H27N3O5.C16H29N3O4.C12H22N2O2.B.Li.H2O/c1-16(2,3)20-10-11-12(13(21)24-7)19(9-8-18(11)14(20)22)15(23)25-17(4,5)6;1-15(2,3)19-9-10-11(12(20)21)18(8-7-17(10)13(19)22)14(23)24-16(4,5)6;1-15(2,3)19-9-11-12(10-20)18(8-7-17(11)13(19)21)14(22)23-16(4,5)6;1-12(2,3)14-7-10-9(8-15)5-4-6-13(10)11(14)16;;;/h11-12H,8-10H2,1-7H3;10-11H,7-9H2,1-6H3,(H,20,21);11-12,20H,7-10H2,1-6H3;9-10,15H,4-8H2,1-3H3;;;1H2/q;;;;;+1;/p-1/t11-,12+;10-,11+;11-,12-;9-,10-;;;/m1111.../s1. The zero-order valence-corrected chi connectivity index (χ0v) is 58.8. The molecule has 0 aromatic rings. The van der Waals surface area contributed by atoms with Crippen molar-refractivity contribution in [3.63, 3.8) is 0 Å². The average molecular weight is 1290 g/mol. The molecule has 3 radical (unpaired) electrons. The molecule has 91 heavy (non-hydrogen) atoms. The average Bonchev–Trinajstić information content (AvgIpc) is 2.27. The third-order valence-corrected chi connectivity index (χ3v) is 16.7. The Balaban J connectivity index is 0.000000413. The van der Waals surface area contributed by atoms with E-state index in [-0.39, 0.29) is 124 Å². The third kappa shape index (κ3) is 19.3. The summed E-state index contributed by atoms with van der Waals surface area (Å²) in [6, 6.07) is -3.57. The molecule has 0 aromatic heterocycles. The van der Waals surface area contributed by atoms with Gasteiger partial charge in [0, 0.05) is 115 Å². The van der Waals surface area contributed by atoms with Gasteiger partial charge in [-0.1, -0.05) is 0 Å². The van der Waals surface area contributed by atoms with E-state index in [1.54, 1.807) is 75.8 Å². The van der Waals surface area contributed by atoms with Crippen LogP contribution in [0, 0.1) is 5.92 Å². The van der Waals surface area contributed by atoms with Gasteiger partial charge in [0.25, 0.3) is 0 Å². The van der Waals surface area contributed by atoms with Crippen LogP contribution in [0.4, 0.5) is 33.6 Å². The fraction of sp³-hybridized carbons (Fsp3) is 0.852. The molecule has 0 bridgehead atoms.